The Morgan fingerprint density at radius 3 is 2.60 bits per heavy atom. The average molecular weight is 293 g/mol. The molecule has 0 radical (unpaired) electrons. The van der Waals surface area contributed by atoms with E-state index in [1.54, 1.807) is 31.2 Å². The van der Waals surface area contributed by atoms with Crippen molar-refractivity contribution in [3.63, 3.8) is 0 Å². The molecule has 5 heteroatoms. The number of ketones is 1. The molecule has 1 atom stereocenters. The predicted octanol–water partition coefficient (Wildman–Crippen LogP) is 3.67. The molecule has 20 heavy (non-hydrogen) atoms. The molecule has 2 aromatic rings. The van der Waals surface area contributed by atoms with E-state index in [-0.39, 0.29) is 11.5 Å². The highest BCUT2D eigenvalue weighted by Crippen LogP contribution is 2.15. The SMILES string of the molecule is Cc1ccc(C(=O)O[C@@H](C)C(=O)c2cccc(Cl)c2)o1. The maximum absolute atomic E-state index is 12.1. The van der Waals surface area contributed by atoms with Crippen LogP contribution in [0.2, 0.25) is 5.02 Å². The monoisotopic (exact) mass is 292 g/mol. The van der Waals surface area contributed by atoms with Crippen molar-refractivity contribution in [1.29, 1.82) is 0 Å². The number of benzene rings is 1. The fourth-order valence-corrected chi connectivity index (χ4v) is 1.88. The molecule has 1 heterocycles. The van der Waals surface area contributed by atoms with Crippen molar-refractivity contribution in [1.82, 2.24) is 0 Å². The maximum atomic E-state index is 12.1. The van der Waals surface area contributed by atoms with Crippen LogP contribution in [0.4, 0.5) is 0 Å². The second-order valence-electron chi connectivity index (χ2n) is 4.33. The minimum absolute atomic E-state index is 0.0771. The van der Waals surface area contributed by atoms with Crippen LogP contribution in [0.15, 0.2) is 40.8 Å². The van der Waals surface area contributed by atoms with Gasteiger partial charge >= 0.3 is 5.97 Å². The number of rotatable bonds is 4. The second kappa shape index (κ2) is 5.92. The number of ether oxygens (including phenoxy) is 1. The van der Waals surface area contributed by atoms with Gasteiger partial charge in [0.2, 0.25) is 11.5 Å². The van der Waals surface area contributed by atoms with Crippen molar-refractivity contribution in [2.24, 2.45) is 0 Å². The molecule has 0 saturated carbocycles. The molecule has 4 nitrogen and oxygen atoms in total. The number of Topliss-reactive ketones (excluding diaryl/α,β-unsaturated/α-hetero) is 1. The zero-order chi connectivity index (χ0) is 14.7. The second-order valence-corrected chi connectivity index (χ2v) is 4.77. The van der Waals surface area contributed by atoms with Crippen molar-refractivity contribution >= 4 is 23.4 Å². The molecule has 0 amide bonds. The van der Waals surface area contributed by atoms with E-state index in [1.807, 2.05) is 0 Å². The molecule has 104 valence electrons. The summed E-state index contributed by atoms with van der Waals surface area (Å²) in [6, 6.07) is 9.65. The highest BCUT2D eigenvalue weighted by Gasteiger charge is 2.22. The Morgan fingerprint density at radius 1 is 1.25 bits per heavy atom. The Hall–Kier alpha value is -2.07. The van der Waals surface area contributed by atoms with E-state index in [4.69, 9.17) is 20.8 Å². The summed E-state index contributed by atoms with van der Waals surface area (Å²) in [4.78, 5) is 23.9. The number of halogens is 1. The molecule has 0 fully saturated rings. The lowest BCUT2D eigenvalue weighted by atomic mass is 10.1. The Balaban J connectivity index is 2.06. The summed E-state index contributed by atoms with van der Waals surface area (Å²) in [5.74, 6) is -0.302. The molecule has 1 aromatic heterocycles. The molecule has 0 saturated heterocycles. The lowest BCUT2D eigenvalue weighted by molar-refractivity contribution is 0.0288. The summed E-state index contributed by atoms with van der Waals surface area (Å²) in [6.07, 6.45) is -0.911. The summed E-state index contributed by atoms with van der Waals surface area (Å²) >= 11 is 5.82. The van der Waals surface area contributed by atoms with Gasteiger partial charge in [-0.3, -0.25) is 4.79 Å². The molecule has 0 N–H and O–H groups in total. The van der Waals surface area contributed by atoms with E-state index in [9.17, 15) is 9.59 Å². The van der Waals surface area contributed by atoms with E-state index in [2.05, 4.69) is 0 Å². The molecule has 2 rings (SSSR count). The highest BCUT2D eigenvalue weighted by molar-refractivity contribution is 6.31. The molecule has 0 aliphatic carbocycles. The fraction of sp³-hybridized carbons (Fsp3) is 0.200. The van der Waals surface area contributed by atoms with E-state index in [0.29, 0.717) is 16.3 Å². The van der Waals surface area contributed by atoms with Crippen molar-refractivity contribution in [2.45, 2.75) is 20.0 Å². The van der Waals surface area contributed by atoms with Gasteiger partial charge in [0.05, 0.1) is 0 Å². The van der Waals surface area contributed by atoms with Crippen LogP contribution < -0.4 is 0 Å². The zero-order valence-corrected chi connectivity index (χ0v) is 11.8. The third kappa shape index (κ3) is 3.27. The zero-order valence-electron chi connectivity index (χ0n) is 11.1. The molecule has 0 aliphatic rings. The van der Waals surface area contributed by atoms with Crippen LogP contribution in [0.5, 0.6) is 0 Å². The van der Waals surface area contributed by atoms with E-state index >= 15 is 0 Å². The van der Waals surface area contributed by atoms with Gasteiger partial charge in [-0.05, 0) is 38.1 Å². The first-order valence-corrected chi connectivity index (χ1v) is 6.42. The normalized spacial score (nSPS) is 11.9. The standard InChI is InChI=1S/C15H13ClO4/c1-9-6-7-13(19-9)15(18)20-10(2)14(17)11-4-3-5-12(16)8-11/h3-8,10H,1-2H3/t10-/m0/s1. The van der Waals surface area contributed by atoms with Crippen LogP contribution in [0, 0.1) is 6.92 Å². The van der Waals surface area contributed by atoms with Gasteiger partial charge in [-0.2, -0.15) is 0 Å². The topological polar surface area (TPSA) is 56.5 Å². The smallest absolute Gasteiger partial charge is 0.374 e. The van der Waals surface area contributed by atoms with E-state index < -0.39 is 12.1 Å². The summed E-state index contributed by atoms with van der Waals surface area (Å²) in [5.41, 5.74) is 0.397. The molecule has 0 unspecified atom stereocenters. The Kier molecular flexibility index (Phi) is 4.25. The van der Waals surface area contributed by atoms with Crippen LogP contribution >= 0.6 is 11.6 Å². The van der Waals surface area contributed by atoms with E-state index in [0.717, 1.165) is 0 Å². The Labute approximate surface area is 121 Å². The van der Waals surface area contributed by atoms with Gasteiger partial charge in [0, 0.05) is 10.6 Å². The number of aryl methyl sites for hydroxylation is 1. The van der Waals surface area contributed by atoms with Crippen LogP contribution in [0.1, 0.15) is 33.6 Å². The molecule has 0 bridgehead atoms. The van der Waals surface area contributed by atoms with Gasteiger partial charge in [-0.25, -0.2) is 4.79 Å². The third-order valence-corrected chi connectivity index (χ3v) is 2.94. The summed E-state index contributed by atoms with van der Waals surface area (Å²) in [6.45, 7) is 3.23. The molecular weight excluding hydrogens is 280 g/mol. The predicted molar refractivity (Wildman–Crippen MR) is 74.1 cm³/mol. The number of carbonyl (C=O) groups excluding carboxylic acids is 2. The van der Waals surface area contributed by atoms with Crippen molar-refractivity contribution in [3.8, 4) is 0 Å². The van der Waals surface area contributed by atoms with E-state index in [1.165, 1.54) is 19.1 Å². The van der Waals surface area contributed by atoms with Gasteiger partial charge in [0.15, 0.2) is 6.10 Å². The quantitative estimate of drug-likeness (QED) is 0.637. The third-order valence-electron chi connectivity index (χ3n) is 2.70. The molecule has 0 aliphatic heterocycles. The van der Waals surface area contributed by atoms with Gasteiger partial charge in [-0.15, -0.1) is 0 Å². The van der Waals surface area contributed by atoms with Crippen molar-refractivity contribution in [2.75, 3.05) is 0 Å². The largest absolute Gasteiger partial charge is 0.454 e. The Morgan fingerprint density at radius 2 is 2.00 bits per heavy atom. The fourth-order valence-electron chi connectivity index (χ4n) is 1.69. The summed E-state index contributed by atoms with van der Waals surface area (Å²) in [7, 11) is 0. The number of hydrogen-bond acceptors (Lipinski definition) is 4. The minimum atomic E-state index is -0.911. The van der Waals surface area contributed by atoms with Gasteiger partial charge in [0.25, 0.3) is 0 Å². The van der Waals surface area contributed by atoms with Crippen molar-refractivity contribution < 1.29 is 18.7 Å². The van der Waals surface area contributed by atoms with Crippen LogP contribution in [0.3, 0.4) is 0 Å². The minimum Gasteiger partial charge on any atom is -0.454 e. The van der Waals surface area contributed by atoms with Gasteiger partial charge in [0.1, 0.15) is 5.76 Å². The first-order chi connectivity index (χ1) is 9.47. The molecule has 0 spiro atoms. The van der Waals surface area contributed by atoms with Crippen LogP contribution in [-0.2, 0) is 4.74 Å². The van der Waals surface area contributed by atoms with Gasteiger partial charge < -0.3 is 9.15 Å². The van der Waals surface area contributed by atoms with Crippen LogP contribution in [0.25, 0.3) is 0 Å². The number of furan rings is 1. The van der Waals surface area contributed by atoms with Crippen molar-refractivity contribution in [3.05, 3.63) is 58.5 Å². The maximum Gasteiger partial charge on any atom is 0.374 e. The summed E-state index contributed by atoms with van der Waals surface area (Å²) < 4.78 is 10.2. The summed E-state index contributed by atoms with van der Waals surface area (Å²) in [5, 5.41) is 0.455. The number of esters is 1. The van der Waals surface area contributed by atoms with Crippen LogP contribution in [-0.4, -0.2) is 17.9 Å². The van der Waals surface area contributed by atoms with Gasteiger partial charge in [-0.1, -0.05) is 23.7 Å². The first-order valence-electron chi connectivity index (χ1n) is 6.04. The number of carbonyl (C=O) groups is 2. The first kappa shape index (κ1) is 14.3. The molecular formula is C15H13ClO4. The Bertz CT molecular complexity index is 645. The lowest BCUT2D eigenvalue weighted by Gasteiger charge is -2.11. The molecule has 1 aromatic carbocycles. The lowest BCUT2D eigenvalue weighted by Crippen LogP contribution is -2.24. The average Bonchev–Trinajstić information content (AvgIpc) is 2.84. The highest BCUT2D eigenvalue weighted by atomic mass is 35.5. The number of hydrogen-bond donors (Lipinski definition) is 0.